The zero-order valence-corrected chi connectivity index (χ0v) is 16.9. The van der Waals surface area contributed by atoms with Crippen LogP contribution in [0.2, 0.25) is 0 Å². The molecule has 1 aliphatic carbocycles. The van der Waals surface area contributed by atoms with Gasteiger partial charge in [0.2, 0.25) is 0 Å². The van der Waals surface area contributed by atoms with Gasteiger partial charge in [0.1, 0.15) is 0 Å². The molecule has 0 radical (unpaired) electrons. The molecular weight excluding hydrogens is 413 g/mol. The number of likely N-dealkylation sites (tertiary alicyclic amines) is 1. The maximum absolute atomic E-state index is 5.68. The molecule has 4 nitrogen and oxygen atoms in total. The number of aliphatic imine (C=N–C) groups is 1. The number of benzene rings is 1. The molecule has 1 atom stereocenters. The van der Waals surface area contributed by atoms with E-state index in [9.17, 15) is 0 Å². The number of hydrogen-bond donors (Lipinski definition) is 1. The highest BCUT2D eigenvalue weighted by Gasteiger charge is 2.25. The van der Waals surface area contributed by atoms with Crippen LogP contribution in [0.1, 0.15) is 37.2 Å². The fourth-order valence-electron chi connectivity index (χ4n) is 3.19. The molecule has 0 bridgehead atoms. The average Bonchev–Trinajstić information content (AvgIpc) is 3.29. The molecule has 2 aliphatic rings. The third-order valence-corrected chi connectivity index (χ3v) is 4.77. The van der Waals surface area contributed by atoms with Crippen molar-refractivity contribution >= 4 is 29.9 Å². The van der Waals surface area contributed by atoms with Crippen molar-refractivity contribution in [1.29, 1.82) is 0 Å². The van der Waals surface area contributed by atoms with Crippen molar-refractivity contribution in [1.82, 2.24) is 10.2 Å². The van der Waals surface area contributed by atoms with E-state index in [1.165, 1.54) is 24.8 Å². The monoisotopic (exact) mass is 443 g/mol. The van der Waals surface area contributed by atoms with Gasteiger partial charge in [0, 0.05) is 45.8 Å². The van der Waals surface area contributed by atoms with E-state index in [1.54, 1.807) is 0 Å². The summed E-state index contributed by atoms with van der Waals surface area (Å²) in [6.07, 6.45) is 4.97. The zero-order chi connectivity index (χ0) is 15.9. The van der Waals surface area contributed by atoms with Crippen LogP contribution in [-0.4, -0.2) is 50.8 Å². The van der Waals surface area contributed by atoms with Gasteiger partial charge >= 0.3 is 0 Å². The van der Waals surface area contributed by atoms with Gasteiger partial charge in [-0.3, -0.25) is 4.99 Å². The fourth-order valence-corrected chi connectivity index (χ4v) is 3.19. The third kappa shape index (κ3) is 5.92. The van der Waals surface area contributed by atoms with Crippen LogP contribution in [0.4, 0.5) is 0 Å². The molecule has 0 aromatic heterocycles. The first-order valence-electron chi connectivity index (χ1n) is 8.95. The molecule has 1 aliphatic heterocycles. The predicted molar refractivity (Wildman–Crippen MR) is 110 cm³/mol. The van der Waals surface area contributed by atoms with Crippen LogP contribution in [0, 0.1) is 5.92 Å². The topological polar surface area (TPSA) is 36.9 Å². The molecule has 134 valence electrons. The second kappa shape index (κ2) is 10.2. The summed E-state index contributed by atoms with van der Waals surface area (Å²) in [6, 6.07) is 10.8. The number of nitrogens with zero attached hydrogens (tertiary/aromatic N) is 2. The van der Waals surface area contributed by atoms with Crippen LogP contribution in [0.3, 0.4) is 0 Å². The first-order valence-corrected chi connectivity index (χ1v) is 8.95. The van der Waals surface area contributed by atoms with Crippen molar-refractivity contribution in [2.45, 2.75) is 31.6 Å². The number of hydrogen-bond acceptors (Lipinski definition) is 2. The van der Waals surface area contributed by atoms with E-state index in [0.29, 0.717) is 5.92 Å². The lowest BCUT2D eigenvalue weighted by atomic mass is 9.99. The normalized spacial score (nSPS) is 20.8. The molecule has 1 heterocycles. The van der Waals surface area contributed by atoms with Crippen molar-refractivity contribution < 1.29 is 4.74 Å². The van der Waals surface area contributed by atoms with Crippen LogP contribution in [-0.2, 0) is 4.74 Å². The SMILES string of the molecule is CN=C(NCCCOCC1CC1)N1CCC(c2ccccc2)C1.I. The Kier molecular flexibility index (Phi) is 8.32. The van der Waals surface area contributed by atoms with Crippen molar-refractivity contribution in [2.75, 3.05) is 39.9 Å². The van der Waals surface area contributed by atoms with Crippen molar-refractivity contribution in [3.8, 4) is 0 Å². The summed E-state index contributed by atoms with van der Waals surface area (Å²) in [5.74, 6) is 2.51. The quantitative estimate of drug-likeness (QED) is 0.304. The third-order valence-electron chi connectivity index (χ3n) is 4.77. The molecule has 1 aromatic rings. The van der Waals surface area contributed by atoms with Crippen LogP contribution in [0.5, 0.6) is 0 Å². The van der Waals surface area contributed by atoms with Gasteiger partial charge in [-0.15, -0.1) is 24.0 Å². The highest BCUT2D eigenvalue weighted by Crippen LogP contribution is 2.28. The average molecular weight is 443 g/mol. The lowest BCUT2D eigenvalue weighted by Crippen LogP contribution is -2.40. The van der Waals surface area contributed by atoms with E-state index < -0.39 is 0 Å². The highest BCUT2D eigenvalue weighted by molar-refractivity contribution is 14.0. The van der Waals surface area contributed by atoms with Crippen molar-refractivity contribution in [2.24, 2.45) is 10.9 Å². The summed E-state index contributed by atoms with van der Waals surface area (Å²) >= 11 is 0. The van der Waals surface area contributed by atoms with E-state index in [-0.39, 0.29) is 24.0 Å². The van der Waals surface area contributed by atoms with Gasteiger partial charge in [-0.05, 0) is 37.2 Å². The minimum atomic E-state index is 0. The number of halogens is 1. The van der Waals surface area contributed by atoms with Gasteiger partial charge in [-0.25, -0.2) is 0 Å². The number of nitrogens with one attached hydrogen (secondary N) is 1. The summed E-state index contributed by atoms with van der Waals surface area (Å²) in [5.41, 5.74) is 1.44. The second-order valence-corrected chi connectivity index (χ2v) is 6.69. The first-order chi connectivity index (χ1) is 11.4. The predicted octanol–water partition coefficient (Wildman–Crippen LogP) is 3.49. The lowest BCUT2D eigenvalue weighted by molar-refractivity contribution is 0.122. The largest absolute Gasteiger partial charge is 0.381 e. The molecule has 3 rings (SSSR count). The van der Waals surface area contributed by atoms with Crippen LogP contribution >= 0.6 is 24.0 Å². The lowest BCUT2D eigenvalue weighted by Gasteiger charge is -2.21. The molecule has 1 saturated heterocycles. The summed E-state index contributed by atoms with van der Waals surface area (Å²) in [6.45, 7) is 4.88. The van der Waals surface area contributed by atoms with E-state index in [1.807, 2.05) is 7.05 Å². The van der Waals surface area contributed by atoms with Crippen LogP contribution in [0.15, 0.2) is 35.3 Å². The molecular formula is C19H30IN3O. The Morgan fingerprint density at radius 2 is 2.04 bits per heavy atom. The molecule has 0 spiro atoms. The standard InChI is InChI=1S/C19H29N3O.HI/c1-20-19(21-11-5-13-23-15-16-8-9-16)22-12-10-18(14-22)17-6-3-2-4-7-17;/h2-4,6-7,16,18H,5,8-15H2,1H3,(H,20,21);1H. The zero-order valence-electron chi connectivity index (χ0n) is 14.6. The molecule has 24 heavy (non-hydrogen) atoms. The Morgan fingerprint density at radius 1 is 1.25 bits per heavy atom. The Labute approximate surface area is 163 Å². The molecule has 1 unspecified atom stereocenters. The maximum Gasteiger partial charge on any atom is 0.193 e. The van der Waals surface area contributed by atoms with Gasteiger partial charge < -0.3 is 15.0 Å². The molecule has 1 aromatic carbocycles. The summed E-state index contributed by atoms with van der Waals surface area (Å²) in [5, 5.41) is 3.48. The van der Waals surface area contributed by atoms with Gasteiger partial charge in [0.15, 0.2) is 5.96 Å². The summed E-state index contributed by atoms with van der Waals surface area (Å²) in [7, 11) is 1.88. The fraction of sp³-hybridized carbons (Fsp3) is 0.632. The molecule has 2 fully saturated rings. The van der Waals surface area contributed by atoms with E-state index in [2.05, 4.69) is 45.5 Å². The maximum atomic E-state index is 5.68. The van der Waals surface area contributed by atoms with Crippen LogP contribution in [0.25, 0.3) is 0 Å². The minimum Gasteiger partial charge on any atom is -0.381 e. The van der Waals surface area contributed by atoms with E-state index in [0.717, 1.165) is 51.1 Å². The van der Waals surface area contributed by atoms with Crippen molar-refractivity contribution in [3.05, 3.63) is 35.9 Å². The molecule has 0 amide bonds. The molecule has 1 N–H and O–H groups in total. The number of rotatable bonds is 7. The number of ether oxygens (including phenoxy) is 1. The van der Waals surface area contributed by atoms with Gasteiger partial charge in [0.05, 0.1) is 0 Å². The van der Waals surface area contributed by atoms with Crippen LogP contribution < -0.4 is 5.32 Å². The first kappa shape index (κ1) is 19.5. The van der Waals surface area contributed by atoms with E-state index >= 15 is 0 Å². The Bertz CT molecular complexity index is 505. The number of guanidine groups is 1. The van der Waals surface area contributed by atoms with Gasteiger partial charge in [-0.2, -0.15) is 0 Å². The highest BCUT2D eigenvalue weighted by atomic mass is 127. The Morgan fingerprint density at radius 3 is 2.75 bits per heavy atom. The van der Waals surface area contributed by atoms with E-state index in [4.69, 9.17) is 4.74 Å². The summed E-state index contributed by atoms with van der Waals surface area (Å²) < 4.78 is 5.68. The minimum absolute atomic E-state index is 0. The molecule has 1 saturated carbocycles. The Hall–Kier alpha value is -0.820. The van der Waals surface area contributed by atoms with Gasteiger partial charge in [-0.1, -0.05) is 30.3 Å². The van der Waals surface area contributed by atoms with Crippen molar-refractivity contribution in [3.63, 3.8) is 0 Å². The Balaban J connectivity index is 0.00000208. The molecule has 5 heteroatoms. The van der Waals surface area contributed by atoms with Gasteiger partial charge in [0.25, 0.3) is 0 Å². The second-order valence-electron chi connectivity index (χ2n) is 6.69. The smallest absolute Gasteiger partial charge is 0.193 e. The summed E-state index contributed by atoms with van der Waals surface area (Å²) in [4.78, 5) is 6.82.